The predicted molar refractivity (Wildman–Crippen MR) is 95.9 cm³/mol. The maximum Gasteiger partial charge on any atom is 0.269 e. The van der Waals surface area contributed by atoms with Crippen molar-refractivity contribution in [1.29, 1.82) is 0 Å². The van der Waals surface area contributed by atoms with Crippen LogP contribution in [0.2, 0.25) is 5.02 Å². The molecule has 0 spiro atoms. The summed E-state index contributed by atoms with van der Waals surface area (Å²) in [5.41, 5.74) is 8.38. The third kappa shape index (κ3) is 3.23. The van der Waals surface area contributed by atoms with Crippen molar-refractivity contribution in [3.63, 3.8) is 0 Å². The largest absolute Gasteiger partial charge is 0.364 e. The number of nitrogens with zero attached hydrogens (tertiary/aromatic N) is 2. The van der Waals surface area contributed by atoms with Crippen LogP contribution in [0.15, 0.2) is 42.5 Å². The lowest BCUT2D eigenvalue weighted by Crippen LogP contribution is -2.17. The average molecular weight is 356 g/mol. The molecule has 0 unspecified atom stereocenters. The number of rotatable bonds is 3. The molecule has 1 amide bonds. The molecule has 1 aromatic heterocycles. The third-order valence-electron chi connectivity index (χ3n) is 3.88. The van der Waals surface area contributed by atoms with Crippen molar-refractivity contribution >= 4 is 17.5 Å². The number of benzene rings is 2. The number of carbonyl (C=O) groups is 1. The van der Waals surface area contributed by atoms with Gasteiger partial charge in [0.25, 0.3) is 5.91 Å². The second-order valence-corrected chi connectivity index (χ2v) is 6.04. The Bertz CT molecular complexity index is 988. The van der Waals surface area contributed by atoms with Gasteiger partial charge in [-0.3, -0.25) is 9.78 Å². The lowest BCUT2D eigenvalue weighted by molar-refractivity contribution is 0.0994. The van der Waals surface area contributed by atoms with Crippen molar-refractivity contribution in [3.05, 3.63) is 70.4 Å². The van der Waals surface area contributed by atoms with E-state index in [1.54, 1.807) is 50.2 Å². The molecule has 0 aliphatic rings. The minimum atomic E-state index is -0.667. The zero-order valence-electron chi connectivity index (χ0n) is 13.7. The molecule has 0 saturated heterocycles. The van der Waals surface area contributed by atoms with Crippen molar-refractivity contribution in [2.75, 3.05) is 0 Å². The Morgan fingerprint density at radius 1 is 1.04 bits per heavy atom. The van der Waals surface area contributed by atoms with Crippen LogP contribution in [0.25, 0.3) is 22.4 Å². The fourth-order valence-electron chi connectivity index (χ4n) is 2.70. The molecule has 6 heteroatoms. The highest BCUT2D eigenvalue weighted by molar-refractivity contribution is 6.33. The third-order valence-corrected chi connectivity index (χ3v) is 4.21. The number of halogens is 2. The maximum atomic E-state index is 14.7. The Morgan fingerprint density at radius 2 is 1.76 bits per heavy atom. The van der Waals surface area contributed by atoms with Gasteiger partial charge in [-0.25, -0.2) is 9.37 Å². The van der Waals surface area contributed by atoms with Gasteiger partial charge in [-0.05, 0) is 26.0 Å². The standard InChI is InChI=1S/C19H15ClFN3O/c1-10-17(24-18(19(22)25)11(2)23-10)12-7-8-14(16(21)9-12)13-5-3-4-6-15(13)20/h3-9H,1-2H3,(H2,22,25). The highest BCUT2D eigenvalue weighted by Crippen LogP contribution is 2.32. The molecule has 3 rings (SSSR count). The van der Waals surface area contributed by atoms with Crippen LogP contribution in [0.5, 0.6) is 0 Å². The molecule has 0 fully saturated rings. The number of nitrogens with two attached hydrogens (primary N) is 1. The molecule has 2 aromatic carbocycles. The van der Waals surface area contributed by atoms with E-state index in [1.165, 1.54) is 6.07 Å². The van der Waals surface area contributed by atoms with Crippen molar-refractivity contribution in [2.45, 2.75) is 13.8 Å². The van der Waals surface area contributed by atoms with E-state index in [0.717, 1.165) is 0 Å². The van der Waals surface area contributed by atoms with Gasteiger partial charge in [0.2, 0.25) is 0 Å². The molecule has 0 aliphatic heterocycles. The quantitative estimate of drug-likeness (QED) is 0.760. The average Bonchev–Trinajstić information content (AvgIpc) is 2.55. The van der Waals surface area contributed by atoms with Crippen molar-refractivity contribution in [2.24, 2.45) is 5.73 Å². The number of aromatic nitrogens is 2. The van der Waals surface area contributed by atoms with Crippen molar-refractivity contribution in [3.8, 4) is 22.4 Å². The van der Waals surface area contributed by atoms with E-state index in [4.69, 9.17) is 17.3 Å². The normalized spacial score (nSPS) is 10.7. The summed E-state index contributed by atoms with van der Waals surface area (Å²) < 4.78 is 14.7. The summed E-state index contributed by atoms with van der Waals surface area (Å²) >= 11 is 6.15. The molecule has 0 radical (unpaired) electrons. The molecule has 2 N–H and O–H groups in total. The highest BCUT2D eigenvalue weighted by Gasteiger charge is 2.16. The Balaban J connectivity index is 2.12. The summed E-state index contributed by atoms with van der Waals surface area (Å²) in [4.78, 5) is 20.1. The van der Waals surface area contributed by atoms with Gasteiger partial charge < -0.3 is 5.73 Å². The first kappa shape index (κ1) is 17.0. The zero-order valence-corrected chi connectivity index (χ0v) is 14.4. The summed E-state index contributed by atoms with van der Waals surface area (Å²) in [5.74, 6) is -1.10. The minimum Gasteiger partial charge on any atom is -0.364 e. The van der Waals surface area contributed by atoms with Gasteiger partial charge in [0.05, 0.1) is 17.1 Å². The first-order valence-electron chi connectivity index (χ1n) is 7.58. The van der Waals surface area contributed by atoms with E-state index >= 15 is 0 Å². The van der Waals surface area contributed by atoms with Crippen LogP contribution in [-0.2, 0) is 0 Å². The van der Waals surface area contributed by atoms with E-state index in [1.807, 2.05) is 0 Å². The van der Waals surface area contributed by atoms with E-state index < -0.39 is 11.7 Å². The highest BCUT2D eigenvalue weighted by atomic mass is 35.5. The Kier molecular flexibility index (Phi) is 4.51. The molecule has 4 nitrogen and oxygen atoms in total. The molecule has 126 valence electrons. The molecule has 0 aliphatic carbocycles. The van der Waals surface area contributed by atoms with Gasteiger partial charge in [-0.2, -0.15) is 0 Å². The SMILES string of the molecule is Cc1nc(C)c(-c2ccc(-c3ccccc3Cl)c(F)c2)nc1C(N)=O. The van der Waals surface area contributed by atoms with E-state index in [9.17, 15) is 9.18 Å². The lowest BCUT2D eigenvalue weighted by Gasteiger charge is -2.11. The van der Waals surface area contributed by atoms with Gasteiger partial charge >= 0.3 is 0 Å². The number of aryl methyl sites for hydroxylation is 2. The predicted octanol–water partition coefficient (Wildman–Crippen LogP) is 4.32. The van der Waals surface area contributed by atoms with Gasteiger partial charge in [0.15, 0.2) is 0 Å². The van der Waals surface area contributed by atoms with Crippen LogP contribution in [0, 0.1) is 19.7 Å². The topological polar surface area (TPSA) is 68.9 Å². The number of hydrogen-bond donors (Lipinski definition) is 1. The van der Waals surface area contributed by atoms with Gasteiger partial charge in [-0.15, -0.1) is 0 Å². The fraction of sp³-hybridized carbons (Fsp3) is 0.105. The maximum absolute atomic E-state index is 14.7. The first-order chi connectivity index (χ1) is 11.9. The van der Waals surface area contributed by atoms with Gasteiger partial charge in [0, 0.05) is 21.7 Å². The molecule has 0 bridgehead atoms. The van der Waals surface area contributed by atoms with Crippen LogP contribution >= 0.6 is 11.6 Å². The summed E-state index contributed by atoms with van der Waals surface area (Å²) in [6.45, 7) is 3.41. The minimum absolute atomic E-state index is 0.0798. The molecular formula is C19H15ClFN3O. The second-order valence-electron chi connectivity index (χ2n) is 5.63. The summed E-state index contributed by atoms with van der Waals surface area (Å²) in [7, 11) is 0. The Hall–Kier alpha value is -2.79. The van der Waals surface area contributed by atoms with Gasteiger partial charge in [-0.1, -0.05) is 41.9 Å². The van der Waals surface area contributed by atoms with Crippen LogP contribution < -0.4 is 5.73 Å². The van der Waals surface area contributed by atoms with Crippen LogP contribution in [0.3, 0.4) is 0 Å². The van der Waals surface area contributed by atoms with Crippen LogP contribution in [0.1, 0.15) is 21.9 Å². The smallest absolute Gasteiger partial charge is 0.269 e. The number of hydrogen-bond acceptors (Lipinski definition) is 3. The molecule has 1 heterocycles. The molecule has 3 aromatic rings. The first-order valence-corrected chi connectivity index (χ1v) is 7.96. The van der Waals surface area contributed by atoms with Crippen LogP contribution in [-0.4, -0.2) is 15.9 Å². The van der Waals surface area contributed by atoms with E-state index in [2.05, 4.69) is 9.97 Å². The molecular weight excluding hydrogens is 341 g/mol. The van der Waals surface area contributed by atoms with Gasteiger partial charge in [0.1, 0.15) is 11.5 Å². The monoisotopic (exact) mass is 355 g/mol. The second kappa shape index (κ2) is 6.61. The molecule has 25 heavy (non-hydrogen) atoms. The molecule has 0 saturated carbocycles. The lowest BCUT2D eigenvalue weighted by atomic mass is 10.0. The van der Waals surface area contributed by atoms with Crippen molar-refractivity contribution in [1.82, 2.24) is 9.97 Å². The molecule has 0 atom stereocenters. The zero-order chi connectivity index (χ0) is 18.1. The summed E-state index contributed by atoms with van der Waals surface area (Å²) in [6.07, 6.45) is 0. The number of amides is 1. The summed E-state index contributed by atoms with van der Waals surface area (Å²) in [5, 5.41) is 0.469. The number of primary amides is 1. The van der Waals surface area contributed by atoms with Crippen molar-refractivity contribution < 1.29 is 9.18 Å². The van der Waals surface area contributed by atoms with E-state index in [-0.39, 0.29) is 5.69 Å². The Morgan fingerprint density at radius 3 is 2.40 bits per heavy atom. The Labute approximate surface area is 149 Å². The van der Waals surface area contributed by atoms with Crippen LogP contribution in [0.4, 0.5) is 4.39 Å². The summed E-state index contributed by atoms with van der Waals surface area (Å²) in [6, 6.07) is 11.8. The fourth-order valence-corrected chi connectivity index (χ4v) is 2.94. The number of carbonyl (C=O) groups excluding carboxylic acids is 1. The van der Waals surface area contributed by atoms with E-state index in [0.29, 0.717) is 38.8 Å².